The zero-order valence-corrected chi connectivity index (χ0v) is 22.1. The van der Waals surface area contributed by atoms with E-state index in [1.165, 1.54) is 24.1 Å². The Morgan fingerprint density at radius 1 is 0.833 bits per heavy atom. The van der Waals surface area contributed by atoms with Gasteiger partial charge in [0.05, 0.1) is 6.61 Å². The van der Waals surface area contributed by atoms with Gasteiger partial charge in [-0.25, -0.2) is 0 Å². The maximum atomic E-state index is 11.9. The molecule has 0 heterocycles. The molecule has 0 aliphatic rings. The monoisotopic (exact) mass is 484 g/mol. The molecule has 0 saturated carbocycles. The number of benzene rings is 3. The first kappa shape index (κ1) is 27.1. The van der Waals surface area contributed by atoms with E-state index in [1.54, 1.807) is 0 Å². The molecule has 3 aromatic rings. The SMILES string of the molecule is C=c1ccc(=C(c2ccc(OCCCNC(=O)CCCCCC)cc2)c2ccc(N(C)C)cc2)cc1. The van der Waals surface area contributed by atoms with Crippen LogP contribution in [0.25, 0.3) is 12.2 Å². The van der Waals surface area contributed by atoms with Crippen LogP contribution < -0.4 is 25.4 Å². The van der Waals surface area contributed by atoms with Gasteiger partial charge in [-0.1, -0.05) is 81.3 Å². The van der Waals surface area contributed by atoms with Crippen molar-refractivity contribution >= 4 is 23.7 Å². The molecule has 0 spiro atoms. The van der Waals surface area contributed by atoms with Gasteiger partial charge in [0.15, 0.2) is 0 Å². The van der Waals surface area contributed by atoms with Crippen LogP contribution in [0.1, 0.15) is 56.6 Å². The third-order valence-electron chi connectivity index (χ3n) is 6.23. The molecule has 0 aliphatic heterocycles. The Labute approximate surface area is 216 Å². The zero-order valence-electron chi connectivity index (χ0n) is 22.1. The Morgan fingerprint density at radius 3 is 2.08 bits per heavy atom. The van der Waals surface area contributed by atoms with Crippen LogP contribution in [-0.4, -0.2) is 33.2 Å². The maximum absolute atomic E-state index is 11.9. The number of amides is 1. The summed E-state index contributed by atoms with van der Waals surface area (Å²) in [5.41, 5.74) is 4.64. The van der Waals surface area contributed by atoms with Crippen molar-refractivity contribution in [3.05, 3.63) is 94.4 Å². The minimum absolute atomic E-state index is 0.143. The first-order chi connectivity index (χ1) is 17.5. The van der Waals surface area contributed by atoms with Gasteiger partial charge >= 0.3 is 0 Å². The van der Waals surface area contributed by atoms with E-state index < -0.39 is 0 Å². The highest BCUT2D eigenvalue weighted by Crippen LogP contribution is 2.25. The van der Waals surface area contributed by atoms with E-state index in [0.717, 1.165) is 46.6 Å². The van der Waals surface area contributed by atoms with E-state index in [-0.39, 0.29) is 5.91 Å². The van der Waals surface area contributed by atoms with Gasteiger partial charge in [0, 0.05) is 32.7 Å². The number of rotatable bonds is 13. The van der Waals surface area contributed by atoms with Crippen molar-refractivity contribution in [2.45, 2.75) is 45.4 Å². The lowest BCUT2D eigenvalue weighted by molar-refractivity contribution is -0.121. The summed E-state index contributed by atoms with van der Waals surface area (Å²) in [7, 11) is 4.10. The molecule has 0 unspecified atom stereocenters. The van der Waals surface area contributed by atoms with Gasteiger partial charge in [0.2, 0.25) is 5.91 Å². The zero-order chi connectivity index (χ0) is 25.8. The largest absolute Gasteiger partial charge is 0.494 e. The molecule has 1 amide bonds. The Balaban J connectivity index is 1.63. The van der Waals surface area contributed by atoms with Crippen molar-refractivity contribution in [1.29, 1.82) is 0 Å². The molecule has 0 atom stereocenters. The summed E-state index contributed by atoms with van der Waals surface area (Å²) in [5.74, 6) is 0.976. The van der Waals surface area contributed by atoms with Crippen LogP contribution >= 0.6 is 0 Å². The van der Waals surface area contributed by atoms with Crippen LogP contribution in [0.15, 0.2) is 72.8 Å². The highest BCUT2D eigenvalue weighted by atomic mass is 16.5. The standard InChI is InChI=1S/C32H40N2O2/c1-5-6-7-8-10-31(35)33-23-9-24-36-30-21-17-28(18-22-30)32(26-13-11-25(2)12-14-26)27-15-19-29(20-16-27)34(3)4/h11-22H,2,5-10,23-24H2,1,3-4H3,(H,33,35). The average molecular weight is 485 g/mol. The van der Waals surface area contributed by atoms with Gasteiger partial charge in [-0.3, -0.25) is 4.79 Å². The van der Waals surface area contributed by atoms with Crippen LogP contribution in [0.2, 0.25) is 0 Å². The maximum Gasteiger partial charge on any atom is 0.219 e. The molecule has 0 saturated heterocycles. The number of hydrogen-bond acceptors (Lipinski definition) is 3. The van der Waals surface area contributed by atoms with Gasteiger partial charge in [0.1, 0.15) is 5.75 Å². The van der Waals surface area contributed by atoms with E-state index in [1.807, 2.05) is 38.4 Å². The fourth-order valence-corrected chi connectivity index (χ4v) is 4.11. The van der Waals surface area contributed by atoms with Gasteiger partial charge < -0.3 is 15.0 Å². The minimum atomic E-state index is 0.143. The molecule has 4 heteroatoms. The minimum Gasteiger partial charge on any atom is -0.494 e. The fraction of sp³-hybridized carbons (Fsp3) is 0.344. The molecule has 0 bridgehead atoms. The Kier molecular flexibility index (Phi) is 10.6. The lowest BCUT2D eigenvalue weighted by Gasteiger charge is -2.15. The quantitative estimate of drug-likeness (QED) is 0.336. The molecule has 0 fully saturated rings. The summed E-state index contributed by atoms with van der Waals surface area (Å²) in [6.45, 7) is 7.42. The summed E-state index contributed by atoms with van der Waals surface area (Å²) in [6.07, 6.45) is 5.90. The number of carbonyl (C=O) groups is 1. The molecule has 36 heavy (non-hydrogen) atoms. The van der Waals surface area contributed by atoms with Crippen molar-refractivity contribution in [2.75, 3.05) is 32.1 Å². The molecule has 3 aromatic carbocycles. The average Bonchev–Trinajstić information content (AvgIpc) is 2.89. The summed E-state index contributed by atoms with van der Waals surface area (Å²) in [4.78, 5) is 14.0. The predicted molar refractivity (Wildman–Crippen MR) is 152 cm³/mol. The number of nitrogens with one attached hydrogen (secondary N) is 1. The summed E-state index contributed by atoms with van der Waals surface area (Å²) >= 11 is 0. The molecular formula is C32H40N2O2. The molecule has 0 aliphatic carbocycles. The smallest absolute Gasteiger partial charge is 0.219 e. The van der Waals surface area contributed by atoms with Crippen molar-refractivity contribution < 1.29 is 9.53 Å². The number of nitrogens with zero attached hydrogens (tertiary/aromatic N) is 1. The molecule has 1 N–H and O–H groups in total. The van der Waals surface area contributed by atoms with E-state index in [0.29, 0.717) is 19.6 Å². The van der Waals surface area contributed by atoms with Crippen LogP contribution in [0.5, 0.6) is 5.75 Å². The Bertz CT molecular complexity index is 1170. The van der Waals surface area contributed by atoms with Crippen molar-refractivity contribution in [3.8, 4) is 5.75 Å². The van der Waals surface area contributed by atoms with Crippen LogP contribution in [-0.2, 0) is 4.79 Å². The number of carbonyl (C=O) groups excluding carboxylic acids is 1. The van der Waals surface area contributed by atoms with Crippen LogP contribution in [0.3, 0.4) is 0 Å². The second-order valence-corrected chi connectivity index (χ2v) is 9.40. The Morgan fingerprint density at radius 2 is 1.47 bits per heavy atom. The number of ether oxygens (including phenoxy) is 1. The third kappa shape index (κ3) is 8.30. The van der Waals surface area contributed by atoms with E-state index >= 15 is 0 Å². The molecule has 0 aromatic heterocycles. The predicted octanol–water partition coefficient (Wildman–Crippen LogP) is 5.27. The first-order valence-corrected chi connectivity index (χ1v) is 13.0. The summed E-state index contributed by atoms with van der Waals surface area (Å²) < 4.78 is 5.93. The number of anilines is 1. The second kappa shape index (κ2) is 14.1. The number of unbranched alkanes of at least 4 members (excludes halogenated alkanes) is 3. The van der Waals surface area contributed by atoms with Gasteiger partial charge in [-0.2, -0.15) is 0 Å². The third-order valence-corrected chi connectivity index (χ3v) is 6.23. The van der Waals surface area contributed by atoms with E-state index in [4.69, 9.17) is 4.74 Å². The van der Waals surface area contributed by atoms with Gasteiger partial charge in [-0.05, 0) is 64.2 Å². The lowest BCUT2D eigenvalue weighted by Crippen LogP contribution is -2.25. The highest BCUT2D eigenvalue weighted by Gasteiger charge is 2.08. The fourth-order valence-electron chi connectivity index (χ4n) is 4.11. The normalized spacial score (nSPS) is 10.6. The number of hydrogen-bond donors (Lipinski definition) is 1. The van der Waals surface area contributed by atoms with Crippen molar-refractivity contribution in [2.24, 2.45) is 0 Å². The van der Waals surface area contributed by atoms with E-state index in [9.17, 15) is 4.79 Å². The van der Waals surface area contributed by atoms with E-state index in [2.05, 4.69) is 72.3 Å². The second-order valence-electron chi connectivity index (χ2n) is 9.40. The van der Waals surface area contributed by atoms with Crippen molar-refractivity contribution in [3.63, 3.8) is 0 Å². The molecule has 190 valence electrons. The highest BCUT2D eigenvalue weighted by molar-refractivity contribution is 5.80. The molecular weight excluding hydrogens is 444 g/mol. The summed E-state index contributed by atoms with van der Waals surface area (Å²) in [5, 5.41) is 5.14. The summed E-state index contributed by atoms with van der Waals surface area (Å²) in [6, 6.07) is 25.2. The van der Waals surface area contributed by atoms with Gasteiger partial charge in [0.25, 0.3) is 0 Å². The lowest BCUT2D eigenvalue weighted by atomic mass is 9.95. The molecule has 4 nitrogen and oxygen atoms in total. The topological polar surface area (TPSA) is 41.6 Å². The molecule has 0 radical (unpaired) electrons. The Hall–Kier alpha value is -3.53. The van der Waals surface area contributed by atoms with Crippen molar-refractivity contribution in [1.82, 2.24) is 5.32 Å². The molecule has 3 rings (SSSR count). The van der Waals surface area contributed by atoms with Crippen LogP contribution in [0, 0.1) is 0 Å². The van der Waals surface area contributed by atoms with Crippen LogP contribution in [0.4, 0.5) is 5.69 Å². The first-order valence-electron chi connectivity index (χ1n) is 13.0. The van der Waals surface area contributed by atoms with Gasteiger partial charge in [-0.15, -0.1) is 0 Å².